The highest BCUT2D eigenvalue weighted by molar-refractivity contribution is 5.95. The van der Waals surface area contributed by atoms with Gasteiger partial charge in [0.05, 0.1) is 18.7 Å². The highest BCUT2D eigenvalue weighted by atomic mass is 16.5. The second-order valence-corrected chi connectivity index (χ2v) is 8.07. The van der Waals surface area contributed by atoms with Gasteiger partial charge < -0.3 is 15.0 Å². The maximum atomic E-state index is 12.9. The highest BCUT2D eigenvalue weighted by Gasteiger charge is 2.19. The molecule has 4 rings (SSSR count). The maximum absolute atomic E-state index is 12.9. The Kier molecular flexibility index (Phi) is 5.93. The number of carbonyl (C=O) groups is 1. The SMILES string of the molecule is COC(=O)c1ccccc1NC(C)c1cc(C)cn2c(=O)cc(N3CCCCC3)nc12. The van der Waals surface area contributed by atoms with Crippen molar-refractivity contribution in [2.75, 3.05) is 30.4 Å². The first-order valence-corrected chi connectivity index (χ1v) is 10.7. The van der Waals surface area contributed by atoms with E-state index >= 15 is 0 Å². The van der Waals surface area contributed by atoms with Crippen LogP contribution in [0.25, 0.3) is 5.65 Å². The van der Waals surface area contributed by atoms with E-state index in [-0.39, 0.29) is 11.6 Å². The molecule has 31 heavy (non-hydrogen) atoms. The maximum Gasteiger partial charge on any atom is 0.339 e. The summed E-state index contributed by atoms with van der Waals surface area (Å²) in [6.45, 7) is 5.81. The zero-order valence-corrected chi connectivity index (χ0v) is 18.2. The number of aryl methyl sites for hydroxylation is 1. The topological polar surface area (TPSA) is 75.9 Å². The van der Waals surface area contributed by atoms with E-state index in [2.05, 4.69) is 10.2 Å². The fourth-order valence-electron chi connectivity index (χ4n) is 4.17. The zero-order valence-electron chi connectivity index (χ0n) is 18.2. The minimum absolute atomic E-state index is 0.0855. The summed E-state index contributed by atoms with van der Waals surface area (Å²) >= 11 is 0. The van der Waals surface area contributed by atoms with Crippen LogP contribution in [0.1, 0.15) is 53.7 Å². The van der Waals surface area contributed by atoms with Crippen LogP contribution in [0.4, 0.5) is 11.5 Å². The van der Waals surface area contributed by atoms with Crippen LogP contribution in [0.3, 0.4) is 0 Å². The van der Waals surface area contributed by atoms with Gasteiger partial charge >= 0.3 is 5.97 Å². The number of ether oxygens (including phenoxy) is 1. The Hall–Kier alpha value is -3.35. The Bertz CT molecular complexity index is 1170. The second kappa shape index (κ2) is 8.79. The number of fused-ring (bicyclic) bond motifs is 1. The number of methoxy groups -OCH3 is 1. The van der Waals surface area contributed by atoms with Gasteiger partial charge in [0.1, 0.15) is 11.5 Å². The van der Waals surface area contributed by atoms with Gasteiger partial charge in [-0.15, -0.1) is 0 Å². The molecule has 7 nitrogen and oxygen atoms in total. The molecule has 3 heterocycles. The molecule has 1 aromatic carbocycles. The van der Waals surface area contributed by atoms with Gasteiger partial charge in [0.2, 0.25) is 0 Å². The number of aromatic nitrogens is 2. The molecule has 0 spiro atoms. The van der Waals surface area contributed by atoms with Crippen molar-refractivity contribution in [2.45, 2.75) is 39.2 Å². The minimum atomic E-state index is -0.397. The molecule has 3 aromatic rings. The molecule has 1 aliphatic rings. The first-order valence-electron chi connectivity index (χ1n) is 10.7. The third kappa shape index (κ3) is 4.26. The number of esters is 1. The van der Waals surface area contributed by atoms with E-state index in [0.717, 1.165) is 42.9 Å². The molecule has 0 bridgehead atoms. The van der Waals surface area contributed by atoms with Crippen molar-refractivity contribution in [1.82, 2.24) is 9.38 Å². The van der Waals surface area contributed by atoms with Crippen molar-refractivity contribution >= 4 is 23.1 Å². The van der Waals surface area contributed by atoms with Crippen LogP contribution in [-0.2, 0) is 4.74 Å². The van der Waals surface area contributed by atoms with Crippen molar-refractivity contribution in [1.29, 1.82) is 0 Å². The number of benzene rings is 1. The summed E-state index contributed by atoms with van der Waals surface area (Å²) in [5.74, 6) is 0.336. The van der Waals surface area contributed by atoms with Crippen molar-refractivity contribution < 1.29 is 9.53 Å². The summed E-state index contributed by atoms with van der Waals surface area (Å²) in [6, 6.07) is 10.7. The lowest BCUT2D eigenvalue weighted by Crippen LogP contribution is -2.32. The Morgan fingerprint density at radius 2 is 1.90 bits per heavy atom. The van der Waals surface area contributed by atoms with Gasteiger partial charge in [-0.1, -0.05) is 12.1 Å². The van der Waals surface area contributed by atoms with Crippen LogP contribution < -0.4 is 15.8 Å². The largest absolute Gasteiger partial charge is 0.465 e. The molecule has 0 aliphatic carbocycles. The molecule has 1 saturated heterocycles. The van der Waals surface area contributed by atoms with E-state index in [4.69, 9.17) is 9.72 Å². The Morgan fingerprint density at radius 3 is 2.65 bits per heavy atom. The van der Waals surface area contributed by atoms with Gasteiger partial charge in [-0.25, -0.2) is 9.78 Å². The molecule has 1 N–H and O–H groups in total. The lowest BCUT2D eigenvalue weighted by atomic mass is 10.1. The number of nitrogens with zero attached hydrogens (tertiary/aromatic N) is 3. The molecule has 1 aliphatic heterocycles. The summed E-state index contributed by atoms with van der Waals surface area (Å²) in [4.78, 5) is 32.2. The van der Waals surface area contributed by atoms with E-state index in [1.807, 2.05) is 38.2 Å². The van der Waals surface area contributed by atoms with E-state index < -0.39 is 5.97 Å². The Balaban J connectivity index is 1.77. The number of pyridine rings is 1. The van der Waals surface area contributed by atoms with Gasteiger partial charge in [-0.05, 0) is 56.9 Å². The number of hydrogen-bond donors (Lipinski definition) is 1. The van der Waals surface area contributed by atoms with Crippen LogP contribution in [-0.4, -0.2) is 35.6 Å². The third-order valence-corrected chi connectivity index (χ3v) is 5.76. The van der Waals surface area contributed by atoms with E-state index in [0.29, 0.717) is 16.9 Å². The number of nitrogens with one attached hydrogen (secondary N) is 1. The predicted molar refractivity (Wildman–Crippen MR) is 122 cm³/mol. The number of para-hydroxylation sites is 1. The lowest BCUT2D eigenvalue weighted by Gasteiger charge is -2.28. The molecular weight excluding hydrogens is 392 g/mol. The average molecular weight is 421 g/mol. The Morgan fingerprint density at radius 1 is 1.16 bits per heavy atom. The summed E-state index contributed by atoms with van der Waals surface area (Å²) < 4.78 is 6.52. The predicted octanol–water partition coefficient (Wildman–Crippen LogP) is 3.95. The fraction of sp³-hybridized carbons (Fsp3) is 0.375. The van der Waals surface area contributed by atoms with Gasteiger partial charge in [0.25, 0.3) is 5.56 Å². The van der Waals surface area contributed by atoms with E-state index in [9.17, 15) is 9.59 Å². The van der Waals surface area contributed by atoms with Crippen LogP contribution in [0.5, 0.6) is 0 Å². The van der Waals surface area contributed by atoms with E-state index in [1.165, 1.54) is 13.5 Å². The van der Waals surface area contributed by atoms with Crippen molar-refractivity contribution in [3.05, 3.63) is 69.6 Å². The number of anilines is 2. The summed E-state index contributed by atoms with van der Waals surface area (Å²) in [5.41, 5.74) is 3.55. The molecule has 0 radical (unpaired) electrons. The number of carbonyl (C=O) groups excluding carboxylic acids is 1. The fourth-order valence-corrected chi connectivity index (χ4v) is 4.17. The standard InChI is InChI=1S/C24H28N4O3/c1-16-13-19(17(2)25-20-10-6-5-9-18(20)24(30)31-3)23-26-21(14-22(29)28(23)15-16)27-11-7-4-8-12-27/h5-6,9-10,13-15,17,25H,4,7-8,11-12H2,1-3H3. The Labute approximate surface area is 181 Å². The first kappa shape index (κ1) is 20.9. The number of piperidine rings is 1. The molecule has 162 valence electrons. The summed E-state index contributed by atoms with van der Waals surface area (Å²) in [7, 11) is 1.37. The van der Waals surface area contributed by atoms with Crippen LogP contribution >= 0.6 is 0 Å². The highest BCUT2D eigenvalue weighted by Crippen LogP contribution is 2.27. The molecule has 0 saturated carbocycles. The number of rotatable bonds is 5. The number of hydrogen-bond acceptors (Lipinski definition) is 6. The summed E-state index contributed by atoms with van der Waals surface area (Å²) in [6.07, 6.45) is 5.27. The molecule has 2 aromatic heterocycles. The quantitative estimate of drug-likeness (QED) is 0.630. The smallest absolute Gasteiger partial charge is 0.339 e. The summed E-state index contributed by atoms with van der Waals surface area (Å²) in [5, 5.41) is 3.41. The zero-order chi connectivity index (χ0) is 22.0. The average Bonchev–Trinajstić information content (AvgIpc) is 2.79. The van der Waals surface area contributed by atoms with Crippen molar-refractivity contribution in [3.8, 4) is 0 Å². The third-order valence-electron chi connectivity index (χ3n) is 5.76. The molecule has 1 fully saturated rings. The van der Waals surface area contributed by atoms with Crippen molar-refractivity contribution in [3.63, 3.8) is 0 Å². The molecule has 0 amide bonds. The van der Waals surface area contributed by atoms with E-state index in [1.54, 1.807) is 22.6 Å². The van der Waals surface area contributed by atoms with Crippen LogP contribution in [0.2, 0.25) is 0 Å². The molecule has 7 heteroatoms. The molecule has 1 atom stereocenters. The van der Waals surface area contributed by atoms with Gasteiger partial charge in [0.15, 0.2) is 0 Å². The normalized spacial score (nSPS) is 15.0. The first-order chi connectivity index (χ1) is 15.0. The van der Waals surface area contributed by atoms with Crippen molar-refractivity contribution in [2.24, 2.45) is 0 Å². The second-order valence-electron chi connectivity index (χ2n) is 8.07. The monoisotopic (exact) mass is 420 g/mol. The van der Waals surface area contributed by atoms with Crippen LogP contribution in [0, 0.1) is 6.92 Å². The molecule has 1 unspecified atom stereocenters. The minimum Gasteiger partial charge on any atom is -0.465 e. The van der Waals surface area contributed by atoms with Gasteiger partial charge in [-0.2, -0.15) is 0 Å². The van der Waals surface area contributed by atoms with Crippen LogP contribution in [0.15, 0.2) is 47.4 Å². The lowest BCUT2D eigenvalue weighted by molar-refractivity contribution is 0.0602. The van der Waals surface area contributed by atoms with Gasteiger partial charge in [0, 0.05) is 36.6 Å². The van der Waals surface area contributed by atoms with Gasteiger partial charge in [-0.3, -0.25) is 9.20 Å². The molecular formula is C24H28N4O3.